The highest BCUT2D eigenvalue weighted by Crippen LogP contribution is 2.42. The summed E-state index contributed by atoms with van der Waals surface area (Å²) in [6.07, 6.45) is 0.502. The van der Waals surface area contributed by atoms with E-state index >= 15 is 0 Å². The van der Waals surface area contributed by atoms with Crippen LogP contribution in [0.1, 0.15) is 37.5 Å². The molecule has 0 heterocycles. The SMILES string of the molecule is CC(C)(C)c1ccc(Cc2ccc(Oc3c(F)c(F)c(-c4c(F)c(F)c(O)c(F)c4F)c(F)c3F)cc2)cc1. The quantitative estimate of drug-likeness (QED) is 0.198. The molecule has 4 aromatic carbocycles. The van der Waals surface area contributed by atoms with Crippen LogP contribution in [0.3, 0.4) is 0 Å². The van der Waals surface area contributed by atoms with E-state index < -0.39 is 69.2 Å². The summed E-state index contributed by atoms with van der Waals surface area (Å²) in [5, 5.41) is 9.05. The molecule has 2 nitrogen and oxygen atoms in total. The molecule has 0 unspecified atom stereocenters. The molecule has 0 spiro atoms. The van der Waals surface area contributed by atoms with Crippen molar-refractivity contribution < 1.29 is 45.0 Å². The predicted octanol–water partition coefficient (Wildman–Crippen LogP) is 8.85. The Morgan fingerprint density at radius 2 is 0.949 bits per heavy atom. The third-order valence-electron chi connectivity index (χ3n) is 6.08. The predicted molar refractivity (Wildman–Crippen MR) is 128 cm³/mol. The average molecular weight is 552 g/mol. The number of halogens is 8. The molecule has 0 fully saturated rings. The minimum atomic E-state index is -2.46. The van der Waals surface area contributed by atoms with Crippen molar-refractivity contribution >= 4 is 0 Å². The molecule has 0 saturated carbocycles. The van der Waals surface area contributed by atoms with Crippen LogP contribution in [0, 0.1) is 46.5 Å². The maximum Gasteiger partial charge on any atom is 0.205 e. The summed E-state index contributed by atoms with van der Waals surface area (Å²) in [7, 11) is 0. The first-order valence-corrected chi connectivity index (χ1v) is 11.5. The van der Waals surface area contributed by atoms with E-state index in [-0.39, 0.29) is 11.2 Å². The second kappa shape index (κ2) is 10.2. The van der Waals surface area contributed by atoms with E-state index in [0.717, 1.165) is 16.7 Å². The van der Waals surface area contributed by atoms with Gasteiger partial charge in [-0.1, -0.05) is 57.2 Å². The number of ether oxygens (including phenoxy) is 1. The molecule has 0 bridgehead atoms. The highest BCUT2D eigenvalue weighted by atomic mass is 19.2. The Morgan fingerprint density at radius 3 is 1.36 bits per heavy atom. The first kappa shape index (κ1) is 27.9. The summed E-state index contributed by atoms with van der Waals surface area (Å²) in [4.78, 5) is 0. The lowest BCUT2D eigenvalue weighted by atomic mass is 9.86. The number of hydrogen-bond donors (Lipinski definition) is 1. The average Bonchev–Trinajstić information content (AvgIpc) is 2.90. The van der Waals surface area contributed by atoms with E-state index in [0.29, 0.717) is 6.42 Å². The molecule has 0 amide bonds. The van der Waals surface area contributed by atoms with Crippen LogP contribution in [0.15, 0.2) is 48.5 Å². The topological polar surface area (TPSA) is 29.5 Å². The molecule has 0 aliphatic rings. The minimum absolute atomic E-state index is 0.0159. The van der Waals surface area contributed by atoms with E-state index in [2.05, 4.69) is 20.8 Å². The van der Waals surface area contributed by atoms with E-state index in [1.54, 1.807) is 12.1 Å². The van der Waals surface area contributed by atoms with E-state index in [1.807, 2.05) is 24.3 Å². The van der Waals surface area contributed by atoms with Crippen molar-refractivity contribution in [3.63, 3.8) is 0 Å². The molecule has 0 atom stereocenters. The molecular weight excluding hydrogens is 532 g/mol. The molecule has 0 radical (unpaired) electrons. The monoisotopic (exact) mass is 552 g/mol. The van der Waals surface area contributed by atoms with Crippen LogP contribution in [0.4, 0.5) is 35.1 Å². The van der Waals surface area contributed by atoms with Gasteiger partial charge in [-0.3, -0.25) is 0 Å². The smallest absolute Gasteiger partial charge is 0.205 e. The number of aromatic hydroxyl groups is 1. The summed E-state index contributed by atoms with van der Waals surface area (Å²) >= 11 is 0. The van der Waals surface area contributed by atoms with E-state index in [4.69, 9.17) is 9.84 Å². The Labute approximate surface area is 218 Å². The first-order valence-electron chi connectivity index (χ1n) is 11.5. The molecule has 204 valence electrons. The summed E-state index contributed by atoms with van der Waals surface area (Å²) in [5.74, 6) is -22.8. The molecule has 0 aliphatic heterocycles. The van der Waals surface area contributed by atoms with Gasteiger partial charge in [-0.2, -0.15) is 17.6 Å². The fourth-order valence-corrected chi connectivity index (χ4v) is 3.91. The lowest BCUT2D eigenvalue weighted by Crippen LogP contribution is -2.10. The molecule has 0 aromatic heterocycles. The van der Waals surface area contributed by atoms with Crippen LogP contribution in [-0.4, -0.2) is 5.11 Å². The van der Waals surface area contributed by atoms with Gasteiger partial charge in [0.1, 0.15) is 5.75 Å². The van der Waals surface area contributed by atoms with Crippen molar-refractivity contribution in [1.82, 2.24) is 0 Å². The van der Waals surface area contributed by atoms with Gasteiger partial charge in [0.15, 0.2) is 29.0 Å². The van der Waals surface area contributed by atoms with Crippen LogP contribution >= 0.6 is 0 Å². The van der Waals surface area contributed by atoms with Gasteiger partial charge in [-0.05, 0) is 40.7 Å². The van der Waals surface area contributed by atoms with Crippen LogP contribution in [0.25, 0.3) is 11.1 Å². The normalized spacial score (nSPS) is 11.7. The largest absolute Gasteiger partial charge is 0.503 e. The van der Waals surface area contributed by atoms with Gasteiger partial charge in [0, 0.05) is 0 Å². The summed E-state index contributed by atoms with van der Waals surface area (Å²) < 4.78 is 120. The lowest BCUT2D eigenvalue weighted by Gasteiger charge is -2.19. The standard InChI is InChI=1S/C29H20F8O2/c1-29(2,3)15-8-4-13(5-9-15)12-14-6-10-16(11-7-14)39-28-25(36)21(32)18(22(33)26(28)37)17-19(30)23(34)27(38)24(35)20(17)31/h4-11,38H,12H2,1-3H3. The van der Waals surface area contributed by atoms with Crippen molar-refractivity contribution in [2.75, 3.05) is 0 Å². The molecule has 0 saturated heterocycles. The van der Waals surface area contributed by atoms with Crippen molar-refractivity contribution in [3.05, 3.63) is 112 Å². The van der Waals surface area contributed by atoms with Gasteiger partial charge in [0.25, 0.3) is 0 Å². The Hall–Kier alpha value is -4.08. The maximum atomic E-state index is 14.7. The Bertz CT molecular complexity index is 1500. The molecule has 4 aromatic rings. The third kappa shape index (κ3) is 5.15. The molecule has 39 heavy (non-hydrogen) atoms. The molecule has 1 N–H and O–H groups in total. The van der Waals surface area contributed by atoms with Gasteiger partial charge in [0.05, 0.1) is 11.1 Å². The highest BCUT2D eigenvalue weighted by Gasteiger charge is 2.35. The van der Waals surface area contributed by atoms with Gasteiger partial charge in [-0.15, -0.1) is 0 Å². The Kier molecular flexibility index (Phi) is 7.34. The van der Waals surface area contributed by atoms with Gasteiger partial charge in [0.2, 0.25) is 29.0 Å². The zero-order valence-electron chi connectivity index (χ0n) is 20.7. The summed E-state index contributed by atoms with van der Waals surface area (Å²) in [6.45, 7) is 6.25. The number of phenols is 1. The molecule has 4 rings (SSSR count). The number of hydrogen-bond acceptors (Lipinski definition) is 2. The molecule has 10 heteroatoms. The minimum Gasteiger partial charge on any atom is -0.503 e. The number of rotatable bonds is 5. The summed E-state index contributed by atoms with van der Waals surface area (Å²) in [6, 6.07) is 13.6. The van der Waals surface area contributed by atoms with Crippen molar-refractivity contribution in [2.24, 2.45) is 0 Å². The van der Waals surface area contributed by atoms with E-state index in [9.17, 15) is 35.1 Å². The van der Waals surface area contributed by atoms with Crippen LogP contribution < -0.4 is 4.74 Å². The number of benzene rings is 4. The van der Waals surface area contributed by atoms with Crippen LogP contribution in [-0.2, 0) is 11.8 Å². The number of phenolic OH excluding ortho intramolecular Hbond substituents is 1. The zero-order valence-corrected chi connectivity index (χ0v) is 20.7. The van der Waals surface area contributed by atoms with Crippen molar-refractivity contribution in [2.45, 2.75) is 32.6 Å². The molecular formula is C29H20F8O2. The first-order chi connectivity index (χ1) is 18.2. The van der Waals surface area contributed by atoms with Crippen molar-refractivity contribution in [1.29, 1.82) is 0 Å². The van der Waals surface area contributed by atoms with Gasteiger partial charge >= 0.3 is 0 Å². The lowest BCUT2D eigenvalue weighted by molar-refractivity contribution is 0.354. The fourth-order valence-electron chi connectivity index (χ4n) is 3.91. The van der Waals surface area contributed by atoms with Gasteiger partial charge < -0.3 is 9.84 Å². The van der Waals surface area contributed by atoms with Crippen molar-refractivity contribution in [3.8, 4) is 28.4 Å². The highest BCUT2D eigenvalue weighted by molar-refractivity contribution is 5.69. The maximum absolute atomic E-state index is 14.7. The Balaban J connectivity index is 1.64. The van der Waals surface area contributed by atoms with Crippen LogP contribution in [0.5, 0.6) is 17.2 Å². The van der Waals surface area contributed by atoms with Gasteiger partial charge in [-0.25, -0.2) is 17.6 Å². The third-order valence-corrected chi connectivity index (χ3v) is 6.08. The van der Waals surface area contributed by atoms with Crippen LogP contribution in [0.2, 0.25) is 0 Å². The second-order valence-electron chi connectivity index (χ2n) is 9.81. The van der Waals surface area contributed by atoms with E-state index in [1.165, 1.54) is 12.1 Å². The fraction of sp³-hybridized carbons (Fsp3) is 0.172. The Morgan fingerprint density at radius 1 is 0.564 bits per heavy atom. The zero-order chi connectivity index (χ0) is 28.8. The second-order valence-corrected chi connectivity index (χ2v) is 9.81. The summed E-state index contributed by atoms with van der Waals surface area (Å²) in [5.41, 5.74) is -1.24. The molecule has 0 aliphatic carbocycles.